The molecule has 1 fully saturated rings. The SMILES string of the molecule is CCOC1CCN(c2nc(C)c(CNC(C)C)s2)CC1. The highest BCUT2D eigenvalue weighted by atomic mass is 32.1. The Hall–Kier alpha value is -0.650. The summed E-state index contributed by atoms with van der Waals surface area (Å²) < 4.78 is 5.71. The van der Waals surface area contributed by atoms with Crippen molar-refractivity contribution in [3.8, 4) is 0 Å². The second-order valence-corrected chi connectivity index (χ2v) is 6.74. The molecule has 0 saturated carbocycles. The van der Waals surface area contributed by atoms with Gasteiger partial charge in [0.1, 0.15) is 0 Å². The van der Waals surface area contributed by atoms with Gasteiger partial charge < -0.3 is 15.0 Å². The molecule has 4 nitrogen and oxygen atoms in total. The van der Waals surface area contributed by atoms with Gasteiger partial charge in [-0.2, -0.15) is 0 Å². The van der Waals surface area contributed by atoms with Crippen molar-refractivity contribution in [2.45, 2.75) is 59.2 Å². The van der Waals surface area contributed by atoms with Crippen molar-refractivity contribution in [3.05, 3.63) is 10.6 Å². The van der Waals surface area contributed by atoms with Crippen LogP contribution in [0.4, 0.5) is 5.13 Å². The Morgan fingerprint density at radius 1 is 1.40 bits per heavy atom. The van der Waals surface area contributed by atoms with Gasteiger partial charge in [-0.15, -0.1) is 11.3 Å². The summed E-state index contributed by atoms with van der Waals surface area (Å²) in [6.07, 6.45) is 2.68. The van der Waals surface area contributed by atoms with Gasteiger partial charge in [-0.05, 0) is 26.7 Å². The fraction of sp³-hybridized carbons (Fsp3) is 0.800. The number of ether oxygens (including phenoxy) is 1. The maximum atomic E-state index is 5.71. The van der Waals surface area contributed by atoms with Crippen molar-refractivity contribution in [1.29, 1.82) is 0 Å². The van der Waals surface area contributed by atoms with Crippen molar-refractivity contribution in [3.63, 3.8) is 0 Å². The lowest BCUT2D eigenvalue weighted by atomic mass is 10.1. The van der Waals surface area contributed by atoms with Gasteiger partial charge in [0.2, 0.25) is 0 Å². The zero-order valence-electron chi connectivity index (χ0n) is 13.1. The molecule has 0 spiro atoms. The first-order valence-electron chi connectivity index (χ1n) is 7.66. The fourth-order valence-corrected chi connectivity index (χ4v) is 3.52. The Morgan fingerprint density at radius 2 is 2.10 bits per heavy atom. The molecule has 0 unspecified atom stereocenters. The van der Waals surface area contributed by atoms with E-state index >= 15 is 0 Å². The van der Waals surface area contributed by atoms with Gasteiger partial charge in [0.25, 0.3) is 0 Å². The molecule has 114 valence electrons. The summed E-state index contributed by atoms with van der Waals surface area (Å²) in [5, 5.41) is 4.65. The number of nitrogens with one attached hydrogen (secondary N) is 1. The number of anilines is 1. The molecule has 0 atom stereocenters. The molecule has 1 saturated heterocycles. The highest BCUT2D eigenvalue weighted by molar-refractivity contribution is 7.15. The van der Waals surface area contributed by atoms with Crippen LogP contribution < -0.4 is 10.2 Å². The Labute approximate surface area is 126 Å². The van der Waals surface area contributed by atoms with E-state index in [9.17, 15) is 0 Å². The number of piperidine rings is 1. The third kappa shape index (κ3) is 4.17. The number of aromatic nitrogens is 1. The first-order chi connectivity index (χ1) is 9.60. The molecule has 1 aliphatic rings. The molecular weight excluding hydrogens is 270 g/mol. The molecule has 0 bridgehead atoms. The maximum absolute atomic E-state index is 5.71. The highest BCUT2D eigenvalue weighted by Crippen LogP contribution is 2.28. The summed E-state index contributed by atoms with van der Waals surface area (Å²) in [6.45, 7) is 12.4. The first-order valence-corrected chi connectivity index (χ1v) is 8.48. The van der Waals surface area contributed by atoms with Crippen molar-refractivity contribution >= 4 is 16.5 Å². The number of rotatable bonds is 6. The van der Waals surface area contributed by atoms with Crippen molar-refractivity contribution < 1.29 is 4.74 Å². The van der Waals surface area contributed by atoms with Crippen LogP contribution in [0.1, 0.15) is 44.2 Å². The fourth-order valence-electron chi connectivity index (χ4n) is 2.46. The van der Waals surface area contributed by atoms with E-state index in [0.717, 1.165) is 39.1 Å². The van der Waals surface area contributed by atoms with E-state index in [1.165, 1.54) is 15.7 Å². The number of aryl methyl sites for hydroxylation is 1. The molecule has 0 aromatic carbocycles. The smallest absolute Gasteiger partial charge is 0.185 e. The lowest BCUT2D eigenvalue weighted by Crippen LogP contribution is -2.37. The second-order valence-electron chi connectivity index (χ2n) is 5.68. The summed E-state index contributed by atoms with van der Waals surface area (Å²) in [6, 6.07) is 0.516. The summed E-state index contributed by atoms with van der Waals surface area (Å²) in [7, 11) is 0. The lowest BCUT2D eigenvalue weighted by Gasteiger charge is -2.31. The van der Waals surface area contributed by atoms with Gasteiger partial charge in [0.05, 0.1) is 11.8 Å². The predicted molar refractivity (Wildman–Crippen MR) is 85.7 cm³/mol. The molecule has 1 aromatic rings. The van der Waals surface area contributed by atoms with Crippen LogP contribution in [0, 0.1) is 6.92 Å². The summed E-state index contributed by atoms with van der Waals surface area (Å²) >= 11 is 1.83. The van der Waals surface area contributed by atoms with E-state index in [1.54, 1.807) is 0 Å². The van der Waals surface area contributed by atoms with E-state index in [1.807, 2.05) is 11.3 Å². The normalized spacial score (nSPS) is 17.1. The van der Waals surface area contributed by atoms with Gasteiger partial charge in [-0.1, -0.05) is 13.8 Å². The molecule has 2 heterocycles. The summed E-state index contributed by atoms with van der Waals surface area (Å²) in [5.74, 6) is 0. The zero-order valence-corrected chi connectivity index (χ0v) is 13.9. The molecule has 0 amide bonds. The largest absolute Gasteiger partial charge is 0.378 e. The monoisotopic (exact) mass is 297 g/mol. The topological polar surface area (TPSA) is 37.4 Å². The summed E-state index contributed by atoms with van der Waals surface area (Å²) in [5.41, 5.74) is 1.17. The molecule has 20 heavy (non-hydrogen) atoms. The molecular formula is C15H27N3OS. The van der Waals surface area contributed by atoms with E-state index in [2.05, 4.69) is 37.9 Å². The molecule has 1 aliphatic heterocycles. The van der Waals surface area contributed by atoms with Crippen LogP contribution in [0.15, 0.2) is 0 Å². The van der Waals surface area contributed by atoms with E-state index in [4.69, 9.17) is 9.72 Å². The Kier molecular flexibility index (Phi) is 5.81. The van der Waals surface area contributed by atoms with Gasteiger partial charge in [0.15, 0.2) is 5.13 Å². The van der Waals surface area contributed by atoms with E-state index in [-0.39, 0.29) is 0 Å². The first kappa shape index (κ1) is 15.7. The highest BCUT2D eigenvalue weighted by Gasteiger charge is 2.22. The van der Waals surface area contributed by atoms with Crippen LogP contribution >= 0.6 is 11.3 Å². The van der Waals surface area contributed by atoms with E-state index < -0.39 is 0 Å². The van der Waals surface area contributed by atoms with Gasteiger partial charge in [-0.3, -0.25) is 0 Å². The van der Waals surface area contributed by atoms with Crippen LogP contribution in [-0.4, -0.2) is 36.8 Å². The predicted octanol–water partition coefficient (Wildman–Crippen LogP) is 2.95. The number of hydrogen-bond acceptors (Lipinski definition) is 5. The Bertz CT molecular complexity index is 411. The standard InChI is InChI=1S/C15H27N3OS/c1-5-19-13-6-8-18(9-7-13)15-17-12(4)14(20-15)10-16-11(2)3/h11,13,16H,5-10H2,1-4H3. The molecule has 1 aromatic heterocycles. The quantitative estimate of drug-likeness (QED) is 0.876. The minimum atomic E-state index is 0.444. The van der Waals surface area contributed by atoms with Crippen LogP contribution in [0.25, 0.3) is 0 Å². The molecule has 0 radical (unpaired) electrons. The molecule has 5 heteroatoms. The summed E-state index contributed by atoms with van der Waals surface area (Å²) in [4.78, 5) is 8.52. The van der Waals surface area contributed by atoms with Crippen LogP contribution in [0.2, 0.25) is 0 Å². The third-order valence-electron chi connectivity index (χ3n) is 3.67. The van der Waals surface area contributed by atoms with Crippen molar-refractivity contribution in [1.82, 2.24) is 10.3 Å². The molecule has 1 N–H and O–H groups in total. The second kappa shape index (κ2) is 7.38. The van der Waals surface area contributed by atoms with E-state index in [0.29, 0.717) is 12.1 Å². The number of thiazole rings is 1. The third-order valence-corrected chi connectivity index (χ3v) is 4.89. The average molecular weight is 297 g/mol. The number of hydrogen-bond donors (Lipinski definition) is 1. The van der Waals surface area contributed by atoms with Crippen LogP contribution in [0.3, 0.4) is 0 Å². The van der Waals surface area contributed by atoms with Crippen molar-refractivity contribution in [2.75, 3.05) is 24.6 Å². The van der Waals surface area contributed by atoms with Gasteiger partial charge >= 0.3 is 0 Å². The van der Waals surface area contributed by atoms with Gasteiger partial charge in [0, 0.05) is 37.2 Å². The Balaban J connectivity index is 1.91. The van der Waals surface area contributed by atoms with Crippen molar-refractivity contribution in [2.24, 2.45) is 0 Å². The zero-order chi connectivity index (χ0) is 14.5. The molecule has 2 rings (SSSR count). The molecule has 0 aliphatic carbocycles. The Morgan fingerprint density at radius 3 is 2.70 bits per heavy atom. The minimum Gasteiger partial charge on any atom is -0.378 e. The lowest BCUT2D eigenvalue weighted by molar-refractivity contribution is 0.0459. The van der Waals surface area contributed by atoms with Crippen LogP contribution in [0.5, 0.6) is 0 Å². The minimum absolute atomic E-state index is 0.444. The maximum Gasteiger partial charge on any atom is 0.185 e. The number of nitrogens with zero attached hydrogens (tertiary/aromatic N) is 2. The van der Waals surface area contributed by atoms with Crippen LogP contribution in [-0.2, 0) is 11.3 Å². The van der Waals surface area contributed by atoms with Gasteiger partial charge in [-0.25, -0.2) is 4.98 Å². The average Bonchev–Trinajstić information content (AvgIpc) is 2.79.